The Morgan fingerprint density at radius 1 is 1.47 bits per heavy atom. The number of nitrogens with one attached hydrogen (secondary N) is 1. The first-order valence-corrected chi connectivity index (χ1v) is 5.72. The molecule has 0 aliphatic carbocycles. The van der Waals surface area contributed by atoms with E-state index in [2.05, 4.69) is 5.32 Å². The standard InChI is InChI=1S/C13H19FN2O/c1-10-5-6-11(12(14)9-10)13(17)16(3)8-4-7-15-2/h5-6,9,15H,4,7-8H2,1-3H3. The van der Waals surface area contributed by atoms with Crippen LogP contribution >= 0.6 is 0 Å². The van der Waals surface area contributed by atoms with Gasteiger partial charge in [0, 0.05) is 13.6 Å². The van der Waals surface area contributed by atoms with Crippen LogP contribution in [0, 0.1) is 12.7 Å². The minimum Gasteiger partial charge on any atom is -0.342 e. The molecule has 0 saturated carbocycles. The fraction of sp³-hybridized carbons (Fsp3) is 0.462. The zero-order valence-electron chi connectivity index (χ0n) is 10.6. The molecule has 17 heavy (non-hydrogen) atoms. The minimum absolute atomic E-state index is 0.141. The molecule has 3 nitrogen and oxygen atoms in total. The van der Waals surface area contributed by atoms with Crippen molar-refractivity contribution in [2.75, 3.05) is 27.2 Å². The third kappa shape index (κ3) is 3.82. The van der Waals surface area contributed by atoms with Crippen molar-refractivity contribution in [2.45, 2.75) is 13.3 Å². The molecule has 0 unspecified atom stereocenters. The Kier molecular flexibility index (Phi) is 5.10. The lowest BCUT2D eigenvalue weighted by Gasteiger charge is -2.17. The maximum Gasteiger partial charge on any atom is 0.256 e. The smallest absolute Gasteiger partial charge is 0.256 e. The Labute approximate surface area is 102 Å². The normalized spacial score (nSPS) is 10.4. The monoisotopic (exact) mass is 238 g/mol. The van der Waals surface area contributed by atoms with E-state index in [0.29, 0.717) is 6.54 Å². The highest BCUT2D eigenvalue weighted by Gasteiger charge is 2.15. The number of hydrogen-bond acceptors (Lipinski definition) is 2. The largest absolute Gasteiger partial charge is 0.342 e. The molecule has 0 aliphatic rings. The van der Waals surface area contributed by atoms with Crippen LogP contribution in [-0.4, -0.2) is 38.0 Å². The molecule has 1 amide bonds. The summed E-state index contributed by atoms with van der Waals surface area (Å²) in [5.41, 5.74) is 0.958. The molecule has 0 spiro atoms. The lowest BCUT2D eigenvalue weighted by Crippen LogP contribution is -2.30. The third-order valence-electron chi connectivity index (χ3n) is 2.62. The summed E-state index contributed by atoms with van der Waals surface area (Å²) in [5.74, 6) is -0.714. The lowest BCUT2D eigenvalue weighted by atomic mass is 10.1. The van der Waals surface area contributed by atoms with Crippen LogP contribution in [0.1, 0.15) is 22.3 Å². The van der Waals surface area contributed by atoms with E-state index in [4.69, 9.17) is 0 Å². The molecule has 0 bridgehead atoms. The molecule has 0 aliphatic heterocycles. The van der Waals surface area contributed by atoms with E-state index >= 15 is 0 Å². The van der Waals surface area contributed by atoms with Crippen LogP contribution in [0.15, 0.2) is 18.2 Å². The van der Waals surface area contributed by atoms with Gasteiger partial charge in [-0.3, -0.25) is 4.79 Å². The second kappa shape index (κ2) is 6.35. The lowest BCUT2D eigenvalue weighted by molar-refractivity contribution is 0.0789. The highest BCUT2D eigenvalue weighted by Crippen LogP contribution is 2.12. The zero-order chi connectivity index (χ0) is 12.8. The first-order chi connectivity index (χ1) is 8.06. The Hall–Kier alpha value is -1.42. The summed E-state index contributed by atoms with van der Waals surface area (Å²) in [4.78, 5) is 13.5. The Balaban J connectivity index is 2.68. The molecule has 0 aromatic heterocycles. The van der Waals surface area contributed by atoms with Gasteiger partial charge in [0.25, 0.3) is 5.91 Å². The molecule has 0 radical (unpaired) electrons. The molecule has 1 N–H and O–H groups in total. The van der Waals surface area contributed by atoms with E-state index in [1.54, 1.807) is 31.0 Å². The van der Waals surface area contributed by atoms with Gasteiger partial charge in [-0.1, -0.05) is 6.07 Å². The van der Waals surface area contributed by atoms with Crippen molar-refractivity contribution in [1.29, 1.82) is 0 Å². The van der Waals surface area contributed by atoms with Crippen molar-refractivity contribution in [3.8, 4) is 0 Å². The van der Waals surface area contributed by atoms with Gasteiger partial charge in [-0.15, -0.1) is 0 Å². The van der Waals surface area contributed by atoms with Gasteiger partial charge < -0.3 is 10.2 Å². The average Bonchev–Trinajstić information content (AvgIpc) is 2.28. The van der Waals surface area contributed by atoms with Crippen LogP contribution in [0.2, 0.25) is 0 Å². The van der Waals surface area contributed by atoms with Crippen LogP contribution in [0.4, 0.5) is 4.39 Å². The molecule has 94 valence electrons. The quantitative estimate of drug-likeness (QED) is 0.794. The second-order valence-corrected chi connectivity index (χ2v) is 4.17. The molecule has 0 heterocycles. The van der Waals surface area contributed by atoms with Crippen LogP contribution in [0.3, 0.4) is 0 Å². The molecule has 1 rings (SSSR count). The number of halogens is 1. The van der Waals surface area contributed by atoms with Gasteiger partial charge in [-0.25, -0.2) is 4.39 Å². The molecule has 0 atom stereocenters. The summed E-state index contributed by atoms with van der Waals surface area (Å²) in [5, 5.41) is 3.01. The van der Waals surface area contributed by atoms with Crippen molar-refractivity contribution >= 4 is 5.91 Å². The van der Waals surface area contributed by atoms with E-state index in [-0.39, 0.29) is 11.5 Å². The van der Waals surface area contributed by atoms with Crippen molar-refractivity contribution in [3.63, 3.8) is 0 Å². The fourth-order valence-corrected chi connectivity index (χ4v) is 1.59. The highest BCUT2D eigenvalue weighted by atomic mass is 19.1. The predicted molar refractivity (Wildman–Crippen MR) is 66.6 cm³/mol. The van der Waals surface area contributed by atoms with Gasteiger partial charge in [-0.05, 0) is 44.6 Å². The molecule has 1 aromatic rings. The maximum atomic E-state index is 13.6. The van der Waals surface area contributed by atoms with E-state index < -0.39 is 5.82 Å². The van der Waals surface area contributed by atoms with Gasteiger partial charge in [0.2, 0.25) is 0 Å². The van der Waals surface area contributed by atoms with Crippen molar-refractivity contribution in [3.05, 3.63) is 35.1 Å². The summed E-state index contributed by atoms with van der Waals surface area (Å²) in [7, 11) is 3.55. The molecular formula is C13H19FN2O. The number of aryl methyl sites for hydroxylation is 1. The van der Waals surface area contributed by atoms with Gasteiger partial charge in [0.05, 0.1) is 5.56 Å². The third-order valence-corrected chi connectivity index (χ3v) is 2.62. The van der Waals surface area contributed by atoms with Gasteiger partial charge in [0.1, 0.15) is 5.82 Å². The molecule has 0 saturated heterocycles. The summed E-state index contributed by atoms with van der Waals surface area (Å²) >= 11 is 0. The van der Waals surface area contributed by atoms with Crippen molar-refractivity contribution in [1.82, 2.24) is 10.2 Å². The van der Waals surface area contributed by atoms with Crippen LogP contribution in [-0.2, 0) is 0 Å². The number of amides is 1. The Morgan fingerprint density at radius 2 is 2.18 bits per heavy atom. The maximum absolute atomic E-state index is 13.6. The van der Waals surface area contributed by atoms with E-state index in [1.807, 2.05) is 7.05 Å². The SMILES string of the molecule is CNCCCN(C)C(=O)c1ccc(C)cc1F. The fourth-order valence-electron chi connectivity index (χ4n) is 1.59. The zero-order valence-corrected chi connectivity index (χ0v) is 10.6. The molecule has 1 aromatic carbocycles. The summed E-state index contributed by atoms with van der Waals surface area (Å²) in [6.07, 6.45) is 0.853. The number of benzene rings is 1. The summed E-state index contributed by atoms with van der Waals surface area (Å²) in [6, 6.07) is 4.67. The van der Waals surface area contributed by atoms with Crippen LogP contribution in [0.5, 0.6) is 0 Å². The van der Waals surface area contributed by atoms with Crippen LogP contribution < -0.4 is 5.32 Å². The number of hydrogen-bond donors (Lipinski definition) is 1. The number of rotatable bonds is 5. The Morgan fingerprint density at radius 3 is 2.76 bits per heavy atom. The molecular weight excluding hydrogens is 219 g/mol. The number of carbonyl (C=O) groups is 1. The number of nitrogens with zero attached hydrogens (tertiary/aromatic N) is 1. The molecule has 4 heteroatoms. The van der Waals surface area contributed by atoms with Crippen LogP contribution in [0.25, 0.3) is 0 Å². The highest BCUT2D eigenvalue weighted by molar-refractivity contribution is 5.94. The van der Waals surface area contributed by atoms with Gasteiger partial charge >= 0.3 is 0 Å². The summed E-state index contributed by atoms with van der Waals surface area (Å²) < 4.78 is 13.6. The van der Waals surface area contributed by atoms with Crippen molar-refractivity contribution in [2.24, 2.45) is 0 Å². The van der Waals surface area contributed by atoms with Gasteiger partial charge in [0.15, 0.2) is 0 Å². The average molecular weight is 238 g/mol. The summed E-state index contributed by atoms with van der Waals surface area (Å²) in [6.45, 7) is 3.26. The number of carbonyl (C=O) groups excluding carboxylic acids is 1. The second-order valence-electron chi connectivity index (χ2n) is 4.17. The predicted octanol–water partition coefficient (Wildman–Crippen LogP) is 1.82. The minimum atomic E-state index is -0.449. The van der Waals surface area contributed by atoms with E-state index in [1.165, 1.54) is 6.07 Å². The van der Waals surface area contributed by atoms with E-state index in [0.717, 1.165) is 18.5 Å². The molecule has 0 fully saturated rings. The Bertz CT molecular complexity index is 393. The first kappa shape index (κ1) is 13.6. The topological polar surface area (TPSA) is 32.3 Å². The van der Waals surface area contributed by atoms with E-state index in [9.17, 15) is 9.18 Å². The van der Waals surface area contributed by atoms with Gasteiger partial charge in [-0.2, -0.15) is 0 Å². The van der Waals surface area contributed by atoms with Crippen molar-refractivity contribution < 1.29 is 9.18 Å². The first-order valence-electron chi connectivity index (χ1n) is 5.72.